The molecule has 1 aliphatic rings. The highest BCUT2D eigenvalue weighted by molar-refractivity contribution is 5.98. The first-order chi connectivity index (χ1) is 11.4. The van der Waals surface area contributed by atoms with Gasteiger partial charge in [0.25, 0.3) is 5.91 Å². The molecule has 0 spiro atoms. The number of carbonyl (C=O) groups excluding carboxylic acids is 1. The Kier molecular flexibility index (Phi) is 4.84. The number of benzene rings is 1. The minimum atomic E-state index is -1.04. The molecule has 3 rings (SSSR count). The van der Waals surface area contributed by atoms with Crippen molar-refractivity contribution in [2.24, 2.45) is 0 Å². The second-order valence-corrected chi connectivity index (χ2v) is 6.48. The summed E-state index contributed by atoms with van der Waals surface area (Å²) in [6, 6.07) is 5.91. The van der Waals surface area contributed by atoms with Crippen molar-refractivity contribution in [1.29, 1.82) is 0 Å². The fraction of sp³-hybridized carbons (Fsp3) is 0.471. The zero-order valence-electron chi connectivity index (χ0n) is 13.6. The van der Waals surface area contributed by atoms with Crippen molar-refractivity contribution in [3.8, 4) is 0 Å². The summed E-state index contributed by atoms with van der Waals surface area (Å²) in [7, 11) is 0. The molecule has 1 aliphatic heterocycles. The van der Waals surface area contributed by atoms with Crippen molar-refractivity contribution in [1.82, 2.24) is 15.2 Å². The van der Waals surface area contributed by atoms with Gasteiger partial charge in [-0.05, 0) is 31.2 Å². The Morgan fingerprint density at radius 2 is 2.17 bits per heavy atom. The van der Waals surface area contributed by atoms with Gasteiger partial charge in [-0.25, -0.2) is 4.39 Å². The smallest absolute Gasteiger partial charge is 0.267 e. The van der Waals surface area contributed by atoms with Gasteiger partial charge in [0.05, 0.1) is 18.8 Å². The Hall–Kier alpha value is -1.96. The molecule has 0 saturated carbocycles. The third-order valence-corrected chi connectivity index (χ3v) is 4.13. The average Bonchev–Trinajstić information content (AvgIpc) is 2.96. The maximum atomic E-state index is 13.2. The number of hydrogen-bond acceptors (Lipinski definition) is 4. The zero-order valence-corrected chi connectivity index (χ0v) is 13.6. The van der Waals surface area contributed by atoms with Gasteiger partial charge in [-0.3, -0.25) is 9.69 Å². The van der Waals surface area contributed by atoms with Crippen LogP contribution < -0.4 is 5.32 Å². The third kappa shape index (κ3) is 4.11. The minimum absolute atomic E-state index is 0.132. The number of aromatic nitrogens is 1. The quantitative estimate of drug-likeness (QED) is 0.765. The molecule has 2 aromatic rings. The minimum Gasteiger partial charge on any atom is -0.387 e. The standard InChI is InChI=1S/C17H22FN3O3/c1-17(23,11-21-4-6-24-7-5-21)10-19-16(22)15-9-12-8-13(18)2-3-14(12)20-15/h2-3,8-9,20,23H,4-7,10-11H2,1H3,(H,19,22). The predicted molar refractivity (Wildman–Crippen MR) is 88.5 cm³/mol. The normalized spacial score (nSPS) is 18.5. The molecule has 1 amide bonds. The van der Waals surface area contributed by atoms with E-state index in [0.29, 0.717) is 36.4 Å². The number of morpholine rings is 1. The summed E-state index contributed by atoms with van der Waals surface area (Å²) in [5.41, 5.74) is 0.00453. The van der Waals surface area contributed by atoms with Crippen molar-refractivity contribution in [3.05, 3.63) is 35.8 Å². The van der Waals surface area contributed by atoms with Crippen LogP contribution in [0.15, 0.2) is 24.3 Å². The molecule has 3 N–H and O–H groups in total. The lowest BCUT2D eigenvalue weighted by molar-refractivity contribution is -0.0213. The first-order valence-electron chi connectivity index (χ1n) is 8.02. The molecule has 0 aliphatic carbocycles. The summed E-state index contributed by atoms with van der Waals surface area (Å²) >= 11 is 0. The number of aliphatic hydroxyl groups is 1. The van der Waals surface area contributed by atoms with E-state index in [1.165, 1.54) is 12.1 Å². The molecule has 0 radical (unpaired) electrons. The number of aromatic amines is 1. The third-order valence-electron chi connectivity index (χ3n) is 4.13. The molecular formula is C17H22FN3O3. The molecule has 130 valence electrons. The van der Waals surface area contributed by atoms with E-state index >= 15 is 0 Å². The number of fused-ring (bicyclic) bond motifs is 1. The molecular weight excluding hydrogens is 313 g/mol. The van der Waals surface area contributed by atoms with E-state index in [0.717, 1.165) is 13.1 Å². The van der Waals surface area contributed by atoms with E-state index in [1.54, 1.807) is 19.1 Å². The highest BCUT2D eigenvalue weighted by atomic mass is 19.1. The molecule has 1 aromatic carbocycles. The number of halogens is 1. The molecule has 1 fully saturated rings. The van der Waals surface area contributed by atoms with Crippen molar-refractivity contribution < 1.29 is 19.0 Å². The van der Waals surface area contributed by atoms with E-state index in [9.17, 15) is 14.3 Å². The first-order valence-corrected chi connectivity index (χ1v) is 8.02. The van der Waals surface area contributed by atoms with Crippen LogP contribution in [0.4, 0.5) is 4.39 Å². The van der Waals surface area contributed by atoms with Crippen LogP contribution in [0.5, 0.6) is 0 Å². The maximum absolute atomic E-state index is 13.2. The molecule has 1 atom stereocenters. The first kappa shape index (κ1) is 16.9. The van der Waals surface area contributed by atoms with Crippen LogP contribution in [0, 0.1) is 5.82 Å². The number of ether oxygens (including phenoxy) is 1. The fourth-order valence-corrected chi connectivity index (χ4v) is 2.89. The van der Waals surface area contributed by atoms with E-state index in [1.807, 2.05) is 0 Å². The summed E-state index contributed by atoms with van der Waals surface area (Å²) in [4.78, 5) is 17.3. The van der Waals surface area contributed by atoms with Crippen molar-refractivity contribution in [3.63, 3.8) is 0 Å². The topological polar surface area (TPSA) is 77.6 Å². The van der Waals surface area contributed by atoms with Crippen molar-refractivity contribution in [2.45, 2.75) is 12.5 Å². The average molecular weight is 335 g/mol. The summed E-state index contributed by atoms with van der Waals surface area (Å²) < 4.78 is 18.5. The van der Waals surface area contributed by atoms with E-state index in [2.05, 4.69) is 15.2 Å². The molecule has 6 nitrogen and oxygen atoms in total. The monoisotopic (exact) mass is 335 g/mol. The molecule has 24 heavy (non-hydrogen) atoms. The number of β-amino-alcohol motifs (C(OH)–C–C–N with tert-alkyl or cyclic N) is 1. The Balaban J connectivity index is 1.58. The summed E-state index contributed by atoms with van der Waals surface area (Å²) in [6.45, 7) is 5.17. The molecule has 0 bridgehead atoms. The summed E-state index contributed by atoms with van der Waals surface area (Å²) in [5.74, 6) is -0.671. The maximum Gasteiger partial charge on any atom is 0.267 e. The van der Waals surface area contributed by atoms with Crippen LogP contribution in [0.1, 0.15) is 17.4 Å². The van der Waals surface area contributed by atoms with Crippen LogP contribution in [-0.4, -0.2) is 65.9 Å². The predicted octanol–water partition coefficient (Wildman–Crippen LogP) is 1.12. The second kappa shape index (κ2) is 6.88. The highest BCUT2D eigenvalue weighted by Crippen LogP contribution is 2.17. The number of amides is 1. The van der Waals surface area contributed by atoms with Gasteiger partial charge in [-0.1, -0.05) is 0 Å². The van der Waals surface area contributed by atoms with Crippen molar-refractivity contribution in [2.75, 3.05) is 39.4 Å². The van der Waals surface area contributed by atoms with Gasteiger partial charge < -0.3 is 20.1 Å². The number of hydrogen-bond donors (Lipinski definition) is 3. The number of nitrogens with one attached hydrogen (secondary N) is 2. The molecule has 2 heterocycles. The Morgan fingerprint density at radius 3 is 2.92 bits per heavy atom. The summed E-state index contributed by atoms with van der Waals surface area (Å²) in [5, 5.41) is 13.9. The van der Waals surface area contributed by atoms with Crippen LogP contribution in [0.2, 0.25) is 0 Å². The van der Waals surface area contributed by atoms with Gasteiger partial charge in [0.1, 0.15) is 11.5 Å². The number of nitrogens with zero attached hydrogens (tertiary/aromatic N) is 1. The summed E-state index contributed by atoms with van der Waals surface area (Å²) in [6.07, 6.45) is 0. The van der Waals surface area contributed by atoms with Crippen LogP contribution in [-0.2, 0) is 4.74 Å². The van der Waals surface area contributed by atoms with E-state index in [4.69, 9.17) is 4.74 Å². The lowest BCUT2D eigenvalue weighted by Crippen LogP contribution is -2.51. The van der Waals surface area contributed by atoms with Crippen LogP contribution in [0.25, 0.3) is 10.9 Å². The number of carbonyl (C=O) groups is 1. The second-order valence-electron chi connectivity index (χ2n) is 6.48. The van der Waals surface area contributed by atoms with Gasteiger partial charge in [0.2, 0.25) is 0 Å². The van der Waals surface area contributed by atoms with Crippen LogP contribution in [0.3, 0.4) is 0 Å². The number of rotatable bonds is 5. The molecule has 1 aromatic heterocycles. The lowest BCUT2D eigenvalue weighted by Gasteiger charge is -2.33. The molecule has 7 heteroatoms. The van der Waals surface area contributed by atoms with Gasteiger partial charge in [-0.2, -0.15) is 0 Å². The van der Waals surface area contributed by atoms with Crippen LogP contribution >= 0.6 is 0 Å². The van der Waals surface area contributed by atoms with Gasteiger partial charge in [0, 0.05) is 37.1 Å². The lowest BCUT2D eigenvalue weighted by atomic mass is 10.1. The SMILES string of the molecule is CC(O)(CNC(=O)c1cc2cc(F)ccc2[nH]1)CN1CCOCC1. The van der Waals surface area contributed by atoms with E-state index in [-0.39, 0.29) is 18.3 Å². The number of H-pyrrole nitrogens is 1. The van der Waals surface area contributed by atoms with Gasteiger partial charge >= 0.3 is 0 Å². The van der Waals surface area contributed by atoms with Gasteiger partial charge in [0.15, 0.2) is 0 Å². The van der Waals surface area contributed by atoms with E-state index < -0.39 is 5.60 Å². The Morgan fingerprint density at radius 1 is 1.42 bits per heavy atom. The Bertz CT molecular complexity index is 723. The Labute approximate surface area is 139 Å². The van der Waals surface area contributed by atoms with Crippen molar-refractivity contribution >= 4 is 16.8 Å². The molecule has 1 unspecified atom stereocenters. The zero-order chi connectivity index (χ0) is 17.2. The van der Waals surface area contributed by atoms with Gasteiger partial charge in [-0.15, -0.1) is 0 Å². The highest BCUT2D eigenvalue weighted by Gasteiger charge is 2.26. The fourth-order valence-electron chi connectivity index (χ4n) is 2.89. The largest absolute Gasteiger partial charge is 0.387 e. The molecule has 1 saturated heterocycles.